The summed E-state index contributed by atoms with van der Waals surface area (Å²) in [5, 5.41) is 10.5. The summed E-state index contributed by atoms with van der Waals surface area (Å²) in [6.07, 6.45) is 5.16. The first-order valence-corrected chi connectivity index (χ1v) is 6.37. The van der Waals surface area contributed by atoms with Crippen molar-refractivity contribution in [3.8, 4) is 0 Å². The molecule has 2 aromatic heterocycles. The molecule has 0 saturated carbocycles. The Balaban J connectivity index is 2.20. The van der Waals surface area contributed by atoms with Gasteiger partial charge in [0.05, 0.1) is 18.5 Å². The van der Waals surface area contributed by atoms with Crippen molar-refractivity contribution in [2.75, 3.05) is 0 Å². The summed E-state index contributed by atoms with van der Waals surface area (Å²) in [6.45, 7) is -0.0163. The average molecular weight is 348 g/mol. The van der Waals surface area contributed by atoms with Gasteiger partial charge in [0.15, 0.2) is 10.3 Å². The molecule has 0 aliphatic heterocycles. The lowest BCUT2D eigenvalue weighted by Crippen LogP contribution is -1.98. The third kappa shape index (κ3) is 2.53. The molecule has 0 saturated heterocycles. The van der Waals surface area contributed by atoms with E-state index in [1.54, 1.807) is 18.6 Å². The molecule has 16 heavy (non-hydrogen) atoms. The second kappa shape index (κ2) is 5.11. The predicted octanol–water partition coefficient (Wildman–Crippen LogP) is 1.46. The number of aromatic nitrogens is 4. The fourth-order valence-corrected chi connectivity index (χ4v) is 2.11. The van der Waals surface area contributed by atoms with Crippen LogP contribution in [0.25, 0.3) is 0 Å². The zero-order chi connectivity index (χ0) is 11.5. The highest BCUT2D eigenvalue weighted by molar-refractivity contribution is 14.1. The molecular weight excluding hydrogens is 339 g/mol. The Hall–Kier alpha value is -0.670. The van der Waals surface area contributed by atoms with Crippen LogP contribution in [0, 0.1) is 3.57 Å². The number of halogens is 1. The van der Waals surface area contributed by atoms with Crippen molar-refractivity contribution in [2.45, 2.75) is 16.9 Å². The smallest absolute Gasteiger partial charge is 0.195 e. The highest BCUT2D eigenvalue weighted by atomic mass is 127. The summed E-state index contributed by atoms with van der Waals surface area (Å²) in [7, 11) is 1.85. The molecule has 0 spiro atoms. The number of hydrogen-bond donors (Lipinski definition) is 1. The molecule has 2 heterocycles. The van der Waals surface area contributed by atoms with Gasteiger partial charge in [0.25, 0.3) is 0 Å². The molecule has 0 bridgehead atoms. The minimum absolute atomic E-state index is 0.0163. The molecule has 0 aromatic carbocycles. The molecule has 2 rings (SSSR count). The maximum absolute atomic E-state index is 9.03. The zero-order valence-corrected chi connectivity index (χ0v) is 11.4. The van der Waals surface area contributed by atoms with Gasteiger partial charge in [-0.1, -0.05) is 0 Å². The Morgan fingerprint density at radius 1 is 1.31 bits per heavy atom. The van der Waals surface area contributed by atoms with Crippen LogP contribution < -0.4 is 0 Å². The Morgan fingerprint density at radius 3 is 2.56 bits per heavy atom. The monoisotopic (exact) mass is 348 g/mol. The van der Waals surface area contributed by atoms with Gasteiger partial charge in [0.1, 0.15) is 0 Å². The molecule has 0 unspecified atom stereocenters. The van der Waals surface area contributed by atoms with Crippen LogP contribution in [-0.4, -0.2) is 24.6 Å². The maximum Gasteiger partial charge on any atom is 0.195 e. The molecule has 1 N–H and O–H groups in total. The van der Waals surface area contributed by atoms with Crippen molar-refractivity contribution < 1.29 is 5.11 Å². The summed E-state index contributed by atoms with van der Waals surface area (Å²) in [4.78, 5) is 12.5. The van der Waals surface area contributed by atoms with Crippen molar-refractivity contribution in [3.05, 3.63) is 27.9 Å². The van der Waals surface area contributed by atoms with Crippen molar-refractivity contribution in [2.24, 2.45) is 7.05 Å². The Labute approximate surface area is 110 Å². The third-order valence-electron chi connectivity index (χ3n) is 1.98. The lowest BCUT2D eigenvalue weighted by Gasteiger charge is -2.02. The standard InChI is InChI=1S/C9H9IN4OS/c1-14-7(5-15)4-13-9(14)16-8-11-2-6(10)3-12-8/h2-4,15H,5H2,1H3. The van der Waals surface area contributed by atoms with E-state index in [0.717, 1.165) is 14.4 Å². The first kappa shape index (κ1) is 11.8. The largest absolute Gasteiger partial charge is 0.390 e. The molecule has 0 fully saturated rings. The number of imidazole rings is 1. The second-order valence-corrected chi connectivity index (χ2v) is 5.22. The first-order valence-electron chi connectivity index (χ1n) is 4.47. The number of hydrogen-bond acceptors (Lipinski definition) is 5. The van der Waals surface area contributed by atoms with E-state index in [-0.39, 0.29) is 6.61 Å². The zero-order valence-electron chi connectivity index (χ0n) is 8.46. The molecule has 0 radical (unpaired) electrons. The maximum atomic E-state index is 9.03. The fraction of sp³-hybridized carbons (Fsp3) is 0.222. The molecule has 0 aliphatic rings. The van der Waals surface area contributed by atoms with Crippen molar-refractivity contribution in [1.82, 2.24) is 19.5 Å². The van der Waals surface area contributed by atoms with E-state index in [1.807, 2.05) is 11.6 Å². The molecule has 0 aliphatic carbocycles. The minimum Gasteiger partial charge on any atom is -0.390 e. The quantitative estimate of drug-likeness (QED) is 0.672. The van der Waals surface area contributed by atoms with E-state index < -0.39 is 0 Å². The summed E-state index contributed by atoms with van der Waals surface area (Å²) in [5.41, 5.74) is 0.771. The Kier molecular flexibility index (Phi) is 3.77. The van der Waals surface area contributed by atoms with Gasteiger partial charge in [-0.25, -0.2) is 15.0 Å². The Morgan fingerprint density at radius 2 is 2.00 bits per heavy atom. The van der Waals surface area contributed by atoms with E-state index in [2.05, 4.69) is 37.5 Å². The van der Waals surface area contributed by atoms with Crippen LogP contribution in [0.5, 0.6) is 0 Å². The van der Waals surface area contributed by atoms with Gasteiger partial charge >= 0.3 is 0 Å². The number of nitrogens with zero attached hydrogens (tertiary/aromatic N) is 4. The SMILES string of the molecule is Cn1c(CO)cnc1Sc1ncc(I)cn1. The van der Waals surface area contributed by atoms with Gasteiger partial charge in [-0.05, 0) is 34.4 Å². The third-order valence-corrected chi connectivity index (χ3v) is 3.50. The number of rotatable bonds is 3. The van der Waals surface area contributed by atoms with Crippen LogP contribution in [0.15, 0.2) is 28.9 Å². The predicted molar refractivity (Wildman–Crippen MR) is 68.0 cm³/mol. The lowest BCUT2D eigenvalue weighted by atomic mass is 10.5. The van der Waals surface area contributed by atoms with Gasteiger partial charge in [-0.15, -0.1) is 0 Å². The van der Waals surface area contributed by atoms with E-state index >= 15 is 0 Å². The molecule has 2 aromatic rings. The number of aliphatic hydroxyl groups excluding tert-OH is 1. The highest BCUT2D eigenvalue weighted by Crippen LogP contribution is 2.23. The first-order chi connectivity index (χ1) is 7.70. The van der Waals surface area contributed by atoms with E-state index in [1.165, 1.54) is 11.8 Å². The fourth-order valence-electron chi connectivity index (χ4n) is 1.10. The van der Waals surface area contributed by atoms with Gasteiger partial charge < -0.3 is 9.67 Å². The van der Waals surface area contributed by atoms with Crippen LogP contribution >= 0.6 is 34.4 Å². The van der Waals surface area contributed by atoms with Crippen molar-refractivity contribution in [1.29, 1.82) is 0 Å². The van der Waals surface area contributed by atoms with Crippen molar-refractivity contribution >= 4 is 34.4 Å². The topological polar surface area (TPSA) is 63.8 Å². The molecule has 0 amide bonds. The summed E-state index contributed by atoms with van der Waals surface area (Å²) >= 11 is 3.53. The summed E-state index contributed by atoms with van der Waals surface area (Å²) in [6, 6.07) is 0. The lowest BCUT2D eigenvalue weighted by molar-refractivity contribution is 0.271. The molecule has 84 valence electrons. The molecule has 5 nitrogen and oxygen atoms in total. The van der Waals surface area contributed by atoms with Gasteiger partial charge in [0, 0.05) is 23.0 Å². The van der Waals surface area contributed by atoms with Crippen LogP contribution in [0.2, 0.25) is 0 Å². The van der Waals surface area contributed by atoms with Crippen LogP contribution in [0.3, 0.4) is 0 Å². The average Bonchev–Trinajstić information content (AvgIpc) is 2.63. The number of aliphatic hydroxyl groups is 1. The van der Waals surface area contributed by atoms with E-state index in [9.17, 15) is 0 Å². The highest BCUT2D eigenvalue weighted by Gasteiger charge is 2.08. The molecular formula is C9H9IN4OS. The van der Waals surface area contributed by atoms with Crippen LogP contribution in [0.4, 0.5) is 0 Å². The van der Waals surface area contributed by atoms with Gasteiger partial charge in [0.2, 0.25) is 0 Å². The van der Waals surface area contributed by atoms with Gasteiger partial charge in [-0.3, -0.25) is 0 Å². The van der Waals surface area contributed by atoms with Crippen molar-refractivity contribution in [3.63, 3.8) is 0 Å². The Bertz CT molecular complexity index is 485. The van der Waals surface area contributed by atoms with Crippen LogP contribution in [0.1, 0.15) is 5.69 Å². The van der Waals surface area contributed by atoms with Gasteiger partial charge in [-0.2, -0.15) is 0 Å². The van der Waals surface area contributed by atoms with E-state index in [0.29, 0.717) is 5.16 Å². The molecule has 7 heteroatoms. The molecule has 0 atom stereocenters. The second-order valence-electron chi connectivity index (χ2n) is 3.04. The normalized spacial score (nSPS) is 10.7. The van der Waals surface area contributed by atoms with E-state index in [4.69, 9.17) is 5.11 Å². The van der Waals surface area contributed by atoms with Crippen LogP contribution in [-0.2, 0) is 13.7 Å². The summed E-state index contributed by atoms with van der Waals surface area (Å²) in [5.74, 6) is 0. The minimum atomic E-state index is -0.0163. The summed E-state index contributed by atoms with van der Waals surface area (Å²) < 4.78 is 2.82.